The lowest BCUT2D eigenvalue weighted by Gasteiger charge is -2.28. The molecule has 5 heteroatoms. The van der Waals surface area contributed by atoms with E-state index >= 15 is 0 Å². The number of halogens is 3. The molecule has 0 aromatic carbocycles. The van der Waals surface area contributed by atoms with E-state index in [1.165, 1.54) is 0 Å². The summed E-state index contributed by atoms with van der Waals surface area (Å²) in [6, 6.07) is 0. The summed E-state index contributed by atoms with van der Waals surface area (Å²) in [6.07, 6.45) is 2.73. The van der Waals surface area contributed by atoms with Crippen LogP contribution in [0.25, 0.3) is 0 Å². The Morgan fingerprint density at radius 1 is 1.39 bits per heavy atom. The molecule has 2 unspecified atom stereocenters. The van der Waals surface area contributed by atoms with Gasteiger partial charge in [-0.1, -0.05) is 31.5 Å². The third-order valence-electron chi connectivity index (χ3n) is 2.71. The normalized spacial score (nSPS) is 16.3. The molecule has 0 rings (SSSR count). The Morgan fingerprint density at radius 2 is 1.94 bits per heavy atom. The molecule has 0 fully saturated rings. The molecule has 0 saturated heterocycles. The van der Waals surface area contributed by atoms with Crippen molar-refractivity contribution < 1.29 is 9.53 Å². The zero-order chi connectivity index (χ0) is 14.3. The van der Waals surface area contributed by atoms with Crippen molar-refractivity contribution in [1.29, 1.82) is 0 Å². The quantitative estimate of drug-likeness (QED) is 0.502. The lowest BCUT2D eigenvalue weighted by Crippen LogP contribution is -2.25. The average molecular weight is 316 g/mol. The largest absolute Gasteiger partial charge is 0.466 e. The van der Waals surface area contributed by atoms with E-state index in [9.17, 15) is 4.79 Å². The molecule has 0 aliphatic heterocycles. The van der Waals surface area contributed by atoms with Gasteiger partial charge in [-0.05, 0) is 25.7 Å². The van der Waals surface area contributed by atoms with Crippen LogP contribution in [0.2, 0.25) is 0 Å². The molecule has 0 N–H and O–H groups in total. The van der Waals surface area contributed by atoms with E-state index in [-0.39, 0.29) is 22.1 Å². The number of hydrogen-bond donors (Lipinski definition) is 0. The molecule has 0 spiro atoms. The minimum atomic E-state index is -0.277. The summed E-state index contributed by atoms with van der Waals surface area (Å²) < 4.78 is 4.89. The van der Waals surface area contributed by atoms with E-state index in [4.69, 9.17) is 39.5 Å². The highest BCUT2D eigenvalue weighted by Gasteiger charge is 2.27. The molecule has 0 heterocycles. The van der Waals surface area contributed by atoms with E-state index < -0.39 is 0 Å². The van der Waals surface area contributed by atoms with Crippen LogP contribution < -0.4 is 0 Å². The average Bonchev–Trinajstić information content (AvgIpc) is 2.26. The predicted molar refractivity (Wildman–Crippen MR) is 78.5 cm³/mol. The maximum Gasteiger partial charge on any atom is 0.305 e. The highest BCUT2D eigenvalue weighted by Crippen LogP contribution is 2.33. The standard InChI is InChI=1S/C13H21Cl3O2/c1-5-18-12(17)6-7-13(3,4)11(16)8-10(15)9(2)14/h8-9,11H,5-7H2,1-4H3. The van der Waals surface area contributed by atoms with Crippen LogP contribution in [0.4, 0.5) is 0 Å². The van der Waals surface area contributed by atoms with Crippen molar-refractivity contribution in [2.45, 2.75) is 51.3 Å². The van der Waals surface area contributed by atoms with Crippen molar-refractivity contribution >= 4 is 40.8 Å². The van der Waals surface area contributed by atoms with E-state index in [0.29, 0.717) is 24.5 Å². The molecule has 0 aliphatic carbocycles. The van der Waals surface area contributed by atoms with Gasteiger partial charge in [0.15, 0.2) is 0 Å². The highest BCUT2D eigenvalue weighted by molar-refractivity contribution is 6.37. The minimum Gasteiger partial charge on any atom is -0.466 e. The van der Waals surface area contributed by atoms with Crippen LogP contribution in [0.1, 0.15) is 40.5 Å². The Morgan fingerprint density at radius 3 is 2.39 bits per heavy atom. The molecule has 2 atom stereocenters. The van der Waals surface area contributed by atoms with Gasteiger partial charge in [-0.2, -0.15) is 0 Å². The summed E-state index contributed by atoms with van der Waals surface area (Å²) in [5.74, 6) is -0.199. The van der Waals surface area contributed by atoms with E-state index in [2.05, 4.69) is 0 Å². The second-order valence-electron chi connectivity index (χ2n) is 4.86. The fraction of sp³-hybridized carbons (Fsp3) is 0.769. The van der Waals surface area contributed by atoms with Gasteiger partial charge in [0.05, 0.1) is 17.4 Å². The van der Waals surface area contributed by atoms with Gasteiger partial charge in [0.1, 0.15) is 0 Å². The summed E-state index contributed by atoms with van der Waals surface area (Å²) in [6.45, 7) is 7.96. The van der Waals surface area contributed by atoms with Gasteiger partial charge in [-0.25, -0.2) is 0 Å². The highest BCUT2D eigenvalue weighted by atomic mass is 35.5. The monoisotopic (exact) mass is 314 g/mol. The van der Waals surface area contributed by atoms with Crippen LogP contribution in [0.3, 0.4) is 0 Å². The third kappa shape index (κ3) is 6.86. The zero-order valence-corrected chi connectivity index (χ0v) is 13.6. The van der Waals surface area contributed by atoms with Crippen LogP contribution in [0.15, 0.2) is 11.1 Å². The number of ether oxygens (including phenoxy) is 1. The number of carbonyl (C=O) groups is 1. The molecule has 0 aromatic rings. The smallest absolute Gasteiger partial charge is 0.305 e. The molecule has 0 aromatic heterocycles. The molecule has 2 nitrogen and oxygen atoms in total. The topological polar surface area (TPSA) is 26.3 Å². The van der Waals surface area contributed by atoms with Gasteiger partial charge in [-0.3, -0.25) is 4.79 Å². The summed E-state index contributed by atoms with van der Waals surface area (Å²) in [7, 11) is 0. The summed E-state index contributed by atoms with van der Waals surface area (Å²) in [4.78, 5) is 11.3. The Balaban J connectivity index is 4.44. The Labute approximate surface area is 125 Å². The van der Waals surface area contributed by atoms with Crippen molar-refractivity contribution in [2.24, 2.45) is 5.41 Å². The van der Waals surface area contributed by atoms with Crippen molar-refractivity contribution in [2.75, 3.05) is 6.61 Å². The molecular formula is C13H21Cl3O2. The Bertz CT molecular complexity index is 299. The van der Waals surface area contributed by atoms with Crippen molar-refractivity contribution in [1.82, 2.24) is 0 Å². The van der Waals surface area contributed by atoms with Crippen molar-refractivity contribution in [3.63, 3.8) is 0 Å². The summed E-state index contributed by atoms with van der Waals surface area (Å²) in [5.41, 5.74) is -0.250. The van der Waals surface area contributed by atoms with E-state index in [0.717, 1.165) is 0 Å². The third-order valence-corrected chi connectivity index (χ3v) is 4.23. The molecule has 0 amide bonds. The fourth-order valence-electron chi connectivity index (χ4n) is 1.29. The number of alkyl halides is 2. The zero-order valence-electron chi connectivity index (χ0n) is 11.3. The van der Waals surface area contributed by atoms with Crippen LogP contribution in [0, 0.1) is 5.41 Å². The van der Waals surface area contributed by atoms with Crippen molar-refractivity contribution in [3.8, 4) is 0 Å². The number of rotatable bonds is 7. The predicted octanol–water partition coefficient (Wildman–Crippen LogP) is 4.71. The number of hydrogen-bond acceptors (Lipinski definition) is 2. The first-order valence-electron chi connectivity index (χ1n) is 6.01. The molecule has 0 radical (unpaired) electrons. The number of esters is 1. The van der Waals surface area contributed by atoms with E-state index in [1.54, 1.807) is 19.9 Å². The number of allylic oxidation sites excluding steroid dienone is 2. The SMILES string of the molecule is CCOC(=O)CCC(C)(C)C(Cl)C=C(Cl)C(C)Cl. The second-order valence-corrected chi connectivity index (χ2v) is 6.42. The van der Waals surface area contributed by atoms with Crippen molar-refractivity contribution in [3.05, 3.63) is 11.1 Å². The van der Waals surface area contributed by atoms with Gasteiger partial charge in [0.25, 0.3) is 0 Å². The molecule has 0 bridgehead atoms. The summed E-state index contributed by atoms with van der Waals surface area (Å²) >= 11 is 18.1. The van der Waals surface area contributed by atoms with Gasteiger partial charge in [-0.15, -0.1) is 23.2 Å². The lowest BCUT2D eigenvalue weighted by molar-refractivity contribution is -0.143. The second kappa shape index (κ2) is 8.29. The maximum atomic E-state index is 11.3. The van der Waals surface area contributed by atoms with Gasteiger partial charge in [0.2, 0.25) is 0 Å². The first-order valence-corrected chi connectivity index (χ1v) is 7.26. The molecule has 0 aliphatic rings. The van der Waals surface area contributed by atoms with Crippen LogP contribution >= 0.6 is 34.8 Å². The Hall–Kier alpha value is 0.0800. The molecular weight excluding hydrogens is 294 g/mol. The fourth-order valence-corrected chi connectivity index (χ4v) is 1.80. The first kappa shape index (κ1) is 18.1. The van der Waals surface area contributed by atoms with Gasteiger partial charge >= 0.3 is 5.97 Å². The van der Waals surface area contributed by atoms with Crippen LogP contribution in [0.5, 0.6) is 0 Å². The lowest BCUT2D eigenvalue weighted by atomic mass is 9.83. The summed E-state index contributed by atoms with van der Waals surface area (Å²) in [5, 5.41) is -0.00437. The number of carbonyl (C=O) groups excluding carboxylic acids is 1. The van der Waals surface area contributed by atoms with Crippen LogP contribution in [-0.4, -0.2) is 23.3 Å². The minimum absolute atomic E-state index is 0.199. The Kier molecular flexibility index (Phi) is 8.33. The molecule has 0 saturated carbocycles. The van der Waals surface area contributed by atoms with Gasteiger partial charge < -0.3 is 4.74 Å². The molecule has 18 heavy (non-hydrogen) atoms. The van der Waals surface area contributed by atoms with Crippen LogP contribution in [-0.2, 0) is 9.53 Å². The van der Waals surface area contributed by atoms with Gasteiger partial charge in [0, 0.05) is 11.5 Å². The molecule has 106 valence electrons. The van der Waals surface area contributed by atoms with E-state index in [1.807, 2.05) is 13.8 Å². The first-order chi connectivity index (χ1) is 8.20. The maximum absolute atomic E-state index is 11.3.